The molecule has 5 aliphatic rings. The molecular formula is C24H39N3O3. The minimum Gasteiger partial charge on any atom is -0.380 e. The quantitative estimate of drug-likeness (QED) is 0.737. The zero-order valence-electron chi connectivity index (χ0n) is 18.5. The van der Waals surface area contributed by atoms with Crippen LogP contribution in [0.1, 0.15) is 64.7 Å². The second-order valence-corrected chi connectivity index (χ2v) is 11.0. The van der Waals surface area contributed by atoms with Crippen LogP contribution in [0.15, 0.2) is 0 Å². The van der Waals surface area contributed by atoms with E-state index in [0.717, 1.165) is 42.6 Å². The molecule has 2 N–H and O–H groups in total. The SMILES string of the molecule is CC1CCC2NCC(C3CCC(C(=O)N4CCN(C(=O)C5(O)CC5)CC4)CC3)C2C1. The van der Waals surface area contributed by atoms with Gasteiger partial charge in [-0.3, -0.25) is 9.59 Å². The molecule has 0 aromatic rings. The van der Waals surface area contributed by atoms with Gasteiger partial charge in [0.25, 0.3) is 5.91 Å². The number of piperazine rings is 1. The fraction of sp³-hybridized carbons (Fsp3) is 0.917. The first kappa shape index (κ1) is 20.7. The molecule has 3 saturated carbocycles. The summed E-state index contributed by atoms with van der Waals surface area (Å²) in [6.45, 7) is 5.98. The van der Waals surface area contributed by atoms with E-state index < -0.39 is 5.60 Å². The van der Waals surface area contributed by atoms with Crippen LogP contribution in [0, 0.1) is 29.6 Å². The van der Waals surface area contributed by atoms with Crippen molar-refractivity contribution in [3.05, 3.63) is 0 Å². The fourth-order valence-electron chi connectivity index (χ4n) is 6.92. The van der Waals surface area contributed by atoms with Crippen LogP contribution in [0.2, 0.25) is 0 Å². The Bertz CT molecular complexity index is 663. The van der Waals surface area contributed by atoms with Gasteiger partial charge in [0, 0.05) is 38.1 Å². The van der Waals surface area contributed by atoms with Crippen molar-refractivity contribution in [2.45, 2.75) is 76.4 Å². The molecule has 2 heterocycles. The number of hydrogen-bond donors (Lipinski definition) is 2. The Morgan fingerprint density at radius 1 is 0.900 bits per heavy atom. The summed E-state index contributed by atoms with van der Waals surface area (Å²) in [4.78, 5) is 29.1. The van der Waals surface area contributed by atoms with Crippen molar-refractivity contribution in [1.29, 1.82) is 0 Å². The summed E-state index contributed by atoms with van der Waals surface area (Å²) in [5.41, 5.74) is -1.09. The third-order valence-electron chi connectivity index (χ3n) is 9.05. The average Bonchev–Trinajstić information content (AvgIpc) is 3.39. The molecule has 0 radical (unpaired) electrons. The Morgan fingerprint density at radius 2 is 1.57 bits per heavy atom. The number of carbonyl (C=O) groups excluding carboxylic acids is 2. The maximum absolute atomic E-state index is 13.1. The van der Waals surface area contributed by atoms with Crippen LogP contribution in [0.3, 0.4) is 0 Å². The molecule has 168 valence electrons. The molecule has 2 saturated heterocycles. The number of nitrogens with zero attached hydrogens (tertiary/aromatic N) is 2. The lowest BCUT2D eigenvalue weighted by molar-refractivity contribution is -0.148. The molecule has 0 aromatic heterocycles. The highest BCUT2D eigenvalue weighted by atomic mass is 16.3. The molecule has 5 rings (SSSR count). The highest BCUT2D eigenvalue weighted by molar-refractivity contribution is 5.88. The molecule has 6 heteroatoms. The van der Waals surface area contributed by atoms with E-state index in [9.17, 15) is 14.7 Å². The summed E-state index contributed by atoms with van der Waals surface area (Å²) in [6.07, 6.45) is 9.76. The van der Waals surface area contributed by atoms with Crippen molar-refractivity contribution in [3.63, 3.8) is 0 Å². The van der Waals surface area contributed by atoms with Gasteiger partial charge in [0.1, 0.15) is 5.60 Å². The van der Waals surface area contributed by atoms with E-state index in [1.54, 1.807) is 4.90 Å². The number of carbonyl (C=O) groups is 2. The topological polar surface area (TPSA) is 72.9 Å². The smallest absolute Gasteiger partial charge is 0.254 e. The van der Waals surface area contributed by atoms with Crippen molar-refractivity contribution in [1.82, 2.24) is 15.1 Å². The Labute approximate surface area is 180 Å². The van der Waals surface area contributed by atoms with Crippen LogP contribution in [-0.4, -0.2) is 71.1 Å². The van der Waals surface area contributed by atoms with Gasteiger partial charge in [-0.1, -0.05) is 6.92 Å². The van der Waals surface area contributed by atoms with E-state index in [-0.39, 0.29) is 11.8 Å². The first-order valence-corrected chi connectivity index (χ1v) is 12.5. The predicted molar refractivity (Wildman–Crippen MR) is 115 cm³/mol. The van der Waals surface area contributed by atoms with Crippen LogP contribution in [0.4, 0.5) is 0 Å². The predicted octanol–water partition coefficient (Wildman–Crippen LogP) is 2.01. The fourth-order valence-corrected chi connectivity index (χ4v) is 6.92. The van der Waals surface area contributed by atoms with Crippen molar-refractivity contribution < 1.29 is 14.7 Å². The van der Waals surface area contributed by atoms with Crippen LogP contribution >= 0.6 is 0 Å². The van der Waals surface area contributed by atoms with Gasteiger partial charge < -0.3 is 20.2 Å². The van der Waals surface area contributed by atoms with Crippen molar-refractivity contribution >= 4 is 11.8 Å². The molecule has 2 amide bonds. The van der Waals surface area contributed by atoms with Crippen LogP contribution < -0.4 is 5.32 Å². The minimum atomic E-state index is -1.09. The van der Waals surface area contributed by atoms with Crippen LogP contribution in [-0.2, 0) is 9.59 Å². The number of aliphatic hydroxyl groups is 1. The largest absolute Gasteiger partial charge is 0.380 e. The molecule has 6 nitrogen and oxygen atoms in total. The van der Waals surface area contributed by atoms with Gasteiger partial charge in [0.2, 0.25) is 5.91 Å². The molecule has 0 spiro atoms. The maximum atomic E-state index is 13.1. The lowest BCUT2D eigenvalue weighted by Gasteiger charge is -2.40. The van der Waals surface area contributed by atoms with Gasteiger partial charge in [-0.2, -0.15) is 0 Å². The average molecular weight is 418 g/mol. The molecule has 0 aromatic carbocycles. The van der Waals surface area contributed by atoms with E-state index in [1.165, 1.54) is 38.6 Å². The first-order chi connectivity index (χ1) is 14.4. The number of nitrogens with one attached hydrogen (secondary N) is 1. The Morgan fingerprint density at radius 3 is 2.23 bits per heavy atom. The van der Waals surface area contributed by atoms with Gasteiger partial charge >= 0.3 is 0 Å². The second-order valence-electron chi connectivity index (χ2n) is 11.0. The summed E-state index contributed by atoms with van der Waals surface area (Å²) >= 11 is 0. The third-order valence-corrected chi connectivity index (χ3v) is 9.05. The monoisotopic (exact) mass is 417 g/mol. The highest BCUT2D eigenvalue weighted by Gasteiger charge is 2.50. The van der Waals surface area contributed by atoms with E-state index in [0.29, 0.717) is 44.9 Å². The lowest BCUT2D eigenvalue weighted by Crippen LogP contribution is -2.54. The maximum Gasteiger partial charge on any atom is 0.254 e. The molecule has 4 atom stereocenters. The summed E-state index contributed by atoms with van der Waals surface area (Å²) < 4.78 is 0. The molecule has 5 fully saturated rings. The van der Waals surface area contributed by atoms with E-state index in [2.05, 4.69) is 12.2 Å². The molecular weight excluding hydrogens is 378 g/mol. The van der Waals surface area contributed by atoms with Gasteiger partial charge in [-0.05, 0) is 88.0 Å². The number of rotatable bonds is 3. The van der Waals surface area contributed by atoms with Crippen LogP contribution in [0.25, 0.3) is 0 Å². The summed E-state index contributed by atoms with van der Waals surface area (Å²) in [5, 5.41) is 13.9. The van der Waals surface area contributed by atoms with Crippen LogP contribution in [0.5, 0.6) is 0 Å². The van der Waals surface area contributed by atoms with Gasteiger partial charge in [-0.15, -0.1) is 0 Å². The zero-order valence-corrected chi connectivity index (χ0v) is 18.5. The van der Waals surface area contributed by atoms with Crippen molar-refractivity contribution in [2.75, 3.05) is 32.7 Å². The molecule has 3 aliphatic carbocycles. The van der Waals surface area contributed by atoms with Crippen molar-refractivity contribution in [2.24, 2.45) is 29.6 Å². The van der Waals surface area contributed by atoms with E-state index in [4.69, 9.17) is 0 Å². The van der Waals surface area contributed by atoms with Gasteiger partial charge in [0.05, 0.1) is 0 Å². The van der Waals surface area contributed by atoms with E-state index >= 15 is 0 Å². The third kappa shape index (κ3) is 3.90. The zero-order chi connectivity index (χ0) is 20.9. The molecule has 30 heavy (non-hydrogen) atoms. The van der Waals surface area contributed by atoms with Gasteiger partial charge in [0.15, 0.2) is 0 Å². The lowest BCUT2D eigenvalue weighted by atomic mass is 9.67. The number of amides is 2. The molecule has 2 aliphatic heterocycles. The Kier molecular flexibility index (Phi) is 5.59. The Balaban J connectivity index is 1.09. The first-order valence-electron chi connectivity index (χ1n) is 12.5. The van der Waals surface area contributed by atoms with Gasteiger partial charge in [-0.25, -0.2) is 0 Å². The standard InChI is InChI=1S/C24H39N3O3/c1-16-2-7-21-19(14-16)20(15-25-21)17-3-5-18(6-4-17)22(28)26-10-12-27(13-11-26)23(29)24(30)8-9-24/h16-21,25,30H,2-15H2,1H3. The van der Waals surface area contributed by atoms with E-state index in [1.807, 2.05) is 4.90 Å². The number of hydrogen-bond acceptors (Lipinski definition) is 4. The van der Waals surface area contributed by atoms with Crippen molar-refractivity contribution in [3.8, 4) is 0 Å². The summed E-state index contributed by atoms with van der Waals surface area (Å²) in [7, 11) is 0. The minimum absolute atomic E-state index is 0.129. The Hall–Kier alpha value is -1.14. The molecule has 4 unspecified atom stereocenters. The summed E-state index contributed by atoms with van der Waals surface area (Å²) in [6, 6.07) is 0.748. The summed E-state index contributed by atoms with van der Waals surface area (Å²) in [5.74, 6) is 3.68. The molecule has 0 bridgehead atoms. The number of fused-ring (bicyclic) bond motifs is 1. The second kappa shape index (κ2) is 8.09. The normalized spacial score (nSPS) is 40.7. The highest BCUT2D eigenvalue weighted by Crippen LogP contribution is 2.45.